The fourth-order valence-electron chi connectivity index (χ4n) is 2.37. The monoisotopic (exact) mass is 383 g/mol. The third kappa shape index (κ3) is 5.28. The van der Waals surface area contributed by atoms with Gasteiger partial charge in [-0.15, -0.1) is 0 Å². The van der Waals surface area contributed by atoms with Crippen molar-refractivity contribution < 1.29 is 17.6 Å². The average Bonchev–Trinajstić information content (AvgIpc) is 2.53. The quantitative estimate of drug-likeness (QED) is 0.768. The van der Waals surface area contributed by atoms with Crippen LogP contribution < -0.4 is 0 Å². The predicted octanol–water partition coefficient (Wildman–Crippen LogP) is 3.36. The van der Waals surface area contributed by atoms with Crippen molar-refractivity contribution in [3.8, 4) is 0 Å². The Hall–Kier alpha value is -1.92. The Morgan fingerprint density at radius 1 is 1.16 bits per heavy atom. The molecule has 0 N–H and O–H groups in total. The zero-order valence-electron chi connectivity index (χ0n) is 14.0. The summed E-state index contributed by atoms with van der Waals surface area (Å²) in [6.45, 7) is 2.23. The van der Waals surface area contributed by atoms with Gasteiger partial charge in [-0.25, -0.2) is 12.8 Å². The number of carbonyl (C=O) groups is 1. The van der Waals surface area contributed by atoms with Crippen molar-refractivity contribution >= 4 is 27.3 Å². The van der Waals surface area contributed by atoms with E-state index in [1.807, 2.05) is 31.2 Å². The van der Waals surface area contributed by atoms with Crippen LogP contribution in [0.3, 0.4) is 0 Å². The maximum absolute atomic E-state index is 13.8. The van der Waals surface area contributed by atoms with Gasteiger partial charge in [-0.3, -0.25) is 4.79 Å². The molecule has 0 unspecified atom stereocenters. The van der Waals surface area contributed by atoms with Crippen molar-refractivity contribution in [3.63, 3.8) is 0 Å². The molecule has 0 aromatic heterocycles. The maximum Gasteiger partial charge on any atom is 0.237 e. The zero-order valence-corrected chi connectivity index (χ0v) is 15.6. The van der Waals surface area contributed by atoms with E-state index in [0.29, 0.717) is 6.54 Å². The molecule has 0 saturated heterocycles. The lowest BCUT2D eigenvalue weighted by Gasteiger charge is -2.18. The number of halogens is 2. The molecule has 0 atom stereocenters. The number of nitrogens with zero attached hydrogens (tertiary/aromatic N) is 1. The van der Waals surface area contributed by atoms with Gasteiger partial charge in [0, 0.05) is 24.2 Å². The summed E-state index contributed by atoms with van der Waals surface area (Å²) < 4.78 is 38.3. The molecule has 7 heteroatoms. The molecule has 0 saturated carbocycles. The van der Waals surface area contributed by atoms with Crippen LogP contribution in [0.5, 0.6) is 0 Å². The fourth-order valence-corrected chi connectivity index (χ4v) is 4.11. The molecule has 0 fully saturated rings. The van der Waals surface area contributed by atoms with Gasteiger partial charge in [-0.05, 0) is 30.2 Å². The number of carbonyl (C=O) groups excluding carboxylic acids is 1. The summed E-state index contributed by atoms with van der Waals surface area (Å²) in [5.74, 6) is -2.55. The van der Waals surface area contributed by atoms with E-state index in [0.717, 1.165) is 17.2 Å². The molecular weight excluding hydrogens is 365 g/mol. The van der Waals surface area contributed by atoms with E-state index in [1.54, 1.807) is 7.05 Å². The summed E-state index contributed by atoms with van der Waals surface area (Å²) >= 11 is 5.86. The molecule has 0 bridgehead atoms. The van der Waals surface area contributed by atoms with Crippen molar-refractivity contribution in [2.45, 2.75) is 19.2 Å². The second kappa shape index (κ2) is 7.97. The number of sulfone groups is 1. The minimum Gasteiger partial charge on any atom is -0.341 e. The summed E-state index contributed by atoms with van der Waals surface area (Å²) in [6, 6.07) is 11.5. The van der Waals surface area contributed by atoms with Gasteiger partial charge in [0.15, 0.2) is 9.84 Å². The molecule has 0 heterocycles. The van der Waals surface area contributed by atoms with E-state index in [-0.39, 0.29) is 10.6 Å². The van der Waals surface area contributed by atoms with Crippen LogP contribution in [0.4, 0.5) is 4.39 Å². The molecule has 2 rings (SSSR count). The molecule has 2 aromatic carbocycles. The van der Waals surface area contributed by atoms with Gasteiger partial charge in [0.2, 0.25) is 5.91 Å². The highest BCUT2D eigenvalue weighted by molar-refractivity contribution is 7.91. The first-order chi connectivity index (χ1) is 11.7. The lowest BCUT2D eigenvalue weighted by molar-refractivity contribution is -0.127. The number of hydrogen-bond donors (Lipinski definition) is 0. The van der Waals surface area contributed by atoms with E-state index in [4.69, 9.17) is 11.6 Å². The largest absolute Gasteiger partial charge is 0.341 e. The Balaban J connectivity index is 2.07. The fraction of sp³-hybridized carbons (Fsp3) is 0.278. The summed E-state index contributed by atoms with van der Waals surface area (Å²) in [4.78, 5) is 13.6. The third-order valence-corrected chi connectivity index (χ3v) is 5.63. The molecule has 0 aliphatic heterocycles. The van der Waals surface area contributed by atoms with E-state index in [9.17, 15) is 17.6 Å². The van der Waals surface area contributed by atoms with Crippen LogP contribution in [-0.2, 0) is 26.9 Å². The Kier molecular flexibility index (Phi) is 6.19. The highest BCUT2D eigenvalue weighted by atomic mass is 35.5. The Bertz CT molecular complexity index is 863. The summed E-state index contributed by atoms with van der Waals surface area (Å²) in [7, 11) is -2.30. The molecular formula is C18H19ClFNO3S. The lowest BCUT2D eigenvalue weighted by atomic mass is 10.1. The van der Waals surface area contributed by atoms with Crippen LogP contribution in [0.15, 0.2) is 42.5 Å². The summed E-state index contributed by atoms with van der Waals surface area (Å²) in [6.07, 6.45) is 0. The summed E-state index contributed by atoms with van der Waals surface area (Å²) in [5.41, 5.74) is 1.84. The molecule has 0 aliphatic carbocycles. The molecule has 0 spiro atoms. The van der Waals surface area contributed by atoms with Crippen molar-refractivity contribution in [1.82, 2.24) is 4.90 Å². The highest BCUT2D eigenvalue weighted by Gasteiger charge is 2.23. The molecule has 25 heavy (non-hydrogen) atoms. The third-order valence-electron chi connectivity index (χ3n) is 3.86. The SMILES string of the molecule is Cc1ccccc1CN(C)C(=O)CS(=O)(=O)Cc1c(F)cccc1Cl. The highest BCUT2D eigenvalue weighted by Crippen LogP contribution is 2.22. The van der Waals surface area contributed by atoms with Crippen LogP contribution in [0.25, 0.3) is 0 Å². The van der Waals surface area contributed by atoms with Gasteiger partial charge in [-0.1, -0.05) is 41.9 Å². The van der Waals surface area contributed by atoms with Crippen LogP contribution in [-0.4, -0.2) is 32.0 Å². The standard InChI is InChI=1S/C18H19ClFNO3S/c1-13-6-3-4-7-14(13)10-21(2)18(22)12-25(23,24)11-15-16(19)8-5-9-17(15)20/h3-9H,10-12H2,1-2H3. The average molecular weight is 384 g/mol. The van der Waals surface area contributed by atoms with E-state index in [1.165, 1.54) is 17.0 Å². The first kappa shape index (κ1) is 19.4. The van der Waals surface area contributed by atoms with Crippen LogP contribution in [0, 0.1) is 12.7 Å². The summed E-state index contributed by atoms with van der Waals surface area (Å²) in [5, 5.41) is 0.0317. The molecule has 4 nitrogen and oxygen atoms in total. The molecule has 1 amide bonds. The van der Waals surface area contributed by atoms with Gasteiger partial charge in [0.25, 0.3) is 0 Å². The van der Waals surface area contributed by atoms with E-state index < -0.39 is 33.1 Å². The normalized spacial score (nSPS) is 11.4. The molecule has 0 radical (unpaired) electrons. The van der Waals surface area contributed by atoms with Crippen LogP contribution >= 0.6 is 11.6 Å². The number of benzene rings is 2. The number of amides is 1. The minimum atomic E-state index is -3.84. The smallest absolute Gasteiger partial charge is 0.237 e. The molecule has 134 valence electrons. The van der Waals surface area contributed by atoms with Gasteiger partial charge in [-0.2, -0.15) is 0 Å². The van der Waals surface area contributed by atoms with Crippen LogP contribution in [0.2, 0.25) is 5.02 Å². The van der Waals surface area contributed by atoms with Crippen molar-refractivity contribution in [3.05, 3.63) is 70.0 Å². The Morgan fingerprint density at radius 3 is 2.48 bits per heavy atom. The maximum atomic E-state index is 13.8. The van der Waals surface area contributed by atoms with E-state index >= 15 is 0 Å². The van der Waals surface area contributed by atoms with Crippen LogP contribution in [0.1, 0.15) is 16.7 Å². The Morgan fingerprint density at radius 2 is 1.84 bits per heavy atom. The minimum absolute atomic E-state index is 0.0317. The first-order valence-electron chi connectivity index (χ1n) is 7.61. The zero-order chi connectivity index (χ0) is 18.6. The van der Waals surface area contributed by atoms with Crippen molar-refractivity contribution in [2.75, 3.05) is 12.8 Å². The van der Waals surface area contributed by atoms with Crippen molar-refractivity contribution in [2.24, 2.45) is 0 Å². The number of hydrogen-bond acceptors (Lipinski definition) is 3. The predicted molar refractivity (Wildman–Crippen MR) is 96.6 cm³/mol. The van der Waals surface area contributed by atoms with Gasteiger partial charge >= 0.3 is 0 Å². The lowest BCUT2D eigenvalue weighted by Crippen LogP contribution is -2.32. The van der Waals surface area contributed by atoms with E-state index in [2.05, 4.69) is 0 Å². The first-order valence-corrected chi connectivity index (χ1v) is 9.81. The topological polar surface area (TPSA) is 54.5 Å². The second-order valence-corrected chi connectivity index (χ2v) is 8.38. The Labute approximate surface area is 152 Å². The van der Waals surface area contributed by atoms with Gasteiger partial charge < -0.3 is 4.90 Å². The van der Waals surface area contributed by atoms with Crippen molar-refractivity contribution in [1.29, 1.82) is 0 Å². The molecule has 0 aliphatic rings. The van der Waals surface area contributed by atoms with Gasteiger partial charge in [0.1, 0.15) is 11.6 Å². The second-order valence-electron chi connectivity index (χ2n) is 5.91. The number of rotatable bonds is 6. The van der Waals surface area contributed by atoms with Gasteiger partial charge in [0.05, 0.1) is 5.75 Å². The number of aryl methyl sites for hydroxylation is 1. The molecule has 2 aromatic rings.